The summed E-state index contributed by atoms with van der Waals surface area (Å²) in [5.74, 6) is 2.23. The van der Waals surface area contributed by atoms with Crippen LogP contribution in [0.1, 0.15) is 39.6 Å². The third kappa shape index (κ3) is 2.64. The van der Waals surface area contributed by atoms with E-state index in [0.717, 1.165) is 17.9 Å². The summed E-state index contributed by atoms with van der Waals surface area (Å²) < 4.78 is 10.8. The molecule has 0 radical (unpaired) electrons. The van der Waals surface area contributed by atoms with Crippen LogP contribution < -0.4 is 0 Å². The number of piperazine rings is 1. The Morgan fingerprint density at radius 2 is 2.09 bits per heavy atom. The largest absolute Gasteiger partial charge is 0.456 e. The van der Waals surface area contributed by atoms with E-state index in [1.807, 2.05) is 27.0 Å². The Morgan fingerprint density at radius 3 is 2.68 bits per heavy atom. The molecule has 118 valence electrons. The molecule has 2 aromatic heterocycles. The molecule has 0 aromatic carbocycles. The molecule has 7 heteroatoms. The highest BCUT2D eigenvalue weighted by Crippen LogP contribution is 2.25. The Kier molecular flexibility index (Phi) is 3.74. The van der Waals surface area contributed by atoms with Crippen LogP contribution in [0.15, 0.2) is 15.0 Å². The van der Waals surface area contributed by atoms with Crippen LogP contribution in [-0.4, -0.2) is 52.5 Å². The molecule has 3 heterocycles. The lowest BCUT2D eigenvalue weighted by Crippen LogP contribution is -2.49. The lowest BCUT2D eigenvalue weighted by molar-refractivity contribution is 0.0460. The van der Waals surface area contributed by atoms with Gasteiger partial charge in [-0.05, 0) is 33.9 Å². The molecular weight excluding hydrogens is 284 g/mol. The van der Waals surface area contributed by atoms with Crippen molar-refractivity contribution in [2.75, 3.05) is 26.7 Å². The molecule has 3 rings (SSSR count). The van der Waals surface area contributed by atoms with Crippen LogP contribution in [0.3, 0.4) is 0 Å². The van der Waals surface area contributed by atoms with Crippen molar-refractivity contribution in [1.82, 2.24) is 19.9 Å². The van der Waals surface area contributed by atoms with E-state index in [1.54, 1.807) is 11.8 Å². The maximum Gasteiger partial charge on any atom is 0.289 e. The number of furan rings is 1. The number of carbonyl (C=O) groups is 1. The van der Waals surface area contributed by atoms with E-state index in [1.165, 1.54) is 0 Å². The Labute approximate surface area is 128 Å². The second kappa shape index (κ2) is 5.57. The zero-order valence-corrected chi connectivity index (χ0v) is 13.3. The molecule has 0 N–H and O–H groups in total. The van der Waals surface area contributed by atoms with Crippen molar-refractivity contribution in [1.29, 1.82) is 0 Å². The zero-order chi connectivity index (χ0) is 15.9. The fraction of sp³-hybridized carbons (Fsp3) is 0.533. The van der Waals surface area contributed by atoms with Gasteiger partial charge < -0.3 is 13.8 Å². The Morgan fingerprint density at radius 1 is 1.32 bits per heavy atom. The minimum absolute atomic E-state index is 0.0834. The highest BCUT2D eigenvalue weighted by molar-refractivity contribution is 5.93. The highest BCUT2D eigenvalue weighted by Gasteiger charge is 2.33. The molecule has 0 spiro atoms. The van der Waals surface area contributed by atoms with Gasteiger partial charge in [0, 0.05) is 25.2 Å². The molecule has 1 amide bonds. The van der Waals surface area contributed by atoms with Crippen molar-refractivity contribution in [2.45, 2.75) is 26.8 Å². The van der Waals surface area contributed by atoms with Crippen molar-refractivity contribution >= 4 is 5.91 Å². The minimum atomic E-state index is -0.0877. The van der Waals surface area contributed by atoms with Gasteiger partial charge in [-0.1, -0.05) is 5.16 Å². The van der Waals surface area contributed by atoms with Crippen LogP contribution in [-0.2, 0) is 0 Å². The second-order valence-corrected chi connectivity index (χ2v) is 5.80. The predicted molar refractivity (Wildman–Crippen MR) is 78.5 cm³/mol. The molecule has 2 aromatic rings. The standard InChI is InChI=1S/C15H20N4O3/c1-9-7-10(2)21-13(9)15(20)19-6-5-18(4)12(8-19)14-16-11(3)17-22-14/h7,12H,5-6,8H2,1-4H3/t12-/m0/s1. The molecule has 0 saturated carbocycles. The van der Waals surface area contributed by atoms with E-state index in [4.69, 9.17) is 8.94 Å². The van der Waals surface area contributed by atoms with E-state index in [2.05, 4.69) is 15.0 Å². The number of rotatable bonds is 2. The maximum absolute atomic E-state index is 12.7. The fourth-order valence-corrected chi connectivity index (χ4v) is 2.77. The van der Waals surface area contributed by atoms with Crippen LogP contribution in [0, 0.1) is 20.8 Å². The van der Waals surface area contributed by atoms with Gasteiger partial charge in [0.15, 0.2) is 11.6 Å². The molecule has 0 bridgehead atoms. The van der Waals surface area contributed by atoms with Crippen molar-refractivity contribution in [3.63, 3.8) is 0 Å². The van der Waals surface area contributed by atoms with Gasteiger partial charge in [0.05, 0.1) is 0 Å². The van der Waals surface area contributed by atoms with Crippen molar-refractivity contribution in [2.24, 2.45) is 0 Å². The lowest BCUT2D eigenvalue weighted by atomic mass is 10.1. The Hall–Kier alpha value is -2.15. The molecule has 0 unspecified atom stereocenters. The normalized spacial score (nSPS) is 19.6. The van der Waals surface area contributed by atoms with E-state index >= 15 is 0 Å². The van der Waals surface area contributed by atoms with Crippen LogP contribution >= 0.6 is 0 Å². The van der Waals surface area contributed by atoms with Crippen LogP contribution in [0.4, 0.5) is 0 Å². The monoisotopic (exact) mass is 304 g/mol. The Balaban J connectivity index is 1.81. The molecule has 0 aliphatic carbocycles. The Bertz CT molecular complexity index is 691. The average Bonchev–Trinajstić information content (AvgIpc) is 3.04. The summed E-state index contributed by atoms with van der Waals surface area (Å²) in [6.45, 7) is 7.43. The molecule has 22 heavy (non-hydrogen) atoms. The van der Waals surface area contributed by atoms with Gasteiger partial charge in [0.25, 0.3) is 5.91 Å². The molecule has 1 saturated heterocycles. The molecule has 7 nitrogen and oxygen atoms in total. The number of carbonyl (C=O) groups excluding carboxylic acids is 1. The number of amides is 1. The molecular formula is C15H20N4O3. The van der Waals surface area contributed by atoms with E-state index in [-0.39, 0.29) is 11.9 Å². The van der Waals surface area contributed by atoms with E-state index in [0.29, 0.717) is 30.6 Å². The minimum Gasteiger partial charge on any atom is -0.456 e. The summed E-state index contributed by atoms with van der Waals surface area (Å²) >= 11 is 0. The summed E-state index contributed by atoms with van der Waals surface area (Å²) in [7, 11) is 1.99. The number of hydrogen-bond donors (Lipinski definition) is 0. The zero-order valence-electron chi connectivity index (χ0n) is 13.3. The molecule has 1 aliphatic rings. The van der Waals surface area contributed by atoms with Gasteiger partial charge in [0.1, 0.15) is 11.8 Å². The fourth-order valence-electron chi connectivity index (χ4n) is 2.77. The quantitative estimate of drug-likeness (QED) is 0.841. The van der Waals surface area contributed by atoms with Gasteiger partial charge in [0.2, 0.25) is 5.89 Å². The highest BCUT2D eigenvalue weighted by atomic mass is 16.5. The topological polar surface area (TPSA) is 75.6 Å². The molecule has 1 atom stereocenters. The van der Waals surface area contributed by atoms with E-state index in [9.17, 15) is 4.79 Å². The first-order valence-electron chi connectivity index (χ1n) is 7.32. The van der Waals surface area contributed by atoms with Crippen molar-refractivity contribution < 1.29 is 13.7 Å². The average molecular weight is 304 g/mol. The van der Waals surface area contributed by atoms with Crippen LogP contribution in [0.2, 0.25) is 0 Å². The van der Waals surface area contributed by atoms with Gasteiger partial charge in [-0.2, -0.15) is 4.98 Å². The first kappa shape index (κ1) is 14.8. The van der Waals surface area contributed by atoms with Crippen molar-refractivity contribution in [3.8, 4) is 0 Å². The lowest BCUT2D eigenvalue weighted by Gasteiger charge is -2.37. The number of hydrogen-bond acceptors (Lipinski definition) is 6. The van der Waals surface area contributed by atoms with Gasteiger partial charge in [-0.25, -0.2) is 0 Å². The third-order valence-electron chi connectivity index (χ3n) is 4.00. The number of nitrogens with zero attached hydrogens (tertiary/aromatic N) is 4. The van der Waals surface area contributed by atoms with Crippen LogP contribution in [0.5, 0.6) is 0 Å². The van der Waals surface area contributed by atoms with Gasteiger partial charge in [-0.3, -0.25) is 9.69 Å². The number of likely N-dealkylation sites (N-methyl/N-ethyl adjacent to an activating group) is 1. The van der Waals surface area contributed by atoms with Gasteiger partial charge in [-0.15, -0.1) is 0 Å². The first-order chi connectivity index (χ1) is 10.5. The second-order valence-electron chi connectivity index (χ2n) is 5.80. The van der Waals surface area contributed by atoms with E-state index < -0.39 is 0 Å². The SMILES string of the molecule is Cc1noc([C@@H]2CN(C(=O)c3oc(C)cc3C)CCN2C)n1. The molecule has 1 fully saturated rings. The number of aryl methyl sites for hydroxylation is 3. The maximum atomic E-state index is 12.7. The van der Waals surface area contributed by atoms with Crippen LogP contribution in [0.25, 0.3) is 0 Å². The summed E-state index contributed by atoms with van der Waals surface area (Å²) in [5.41, 5.74) is 0.867. The smallest absolute Gasteiger partial charge is 0.289 e. The number of aromatic nitrogens is 2. The van der Waals surface area contributed by atoms with Crippen molar-refractivity contribution in [3.05, 3.63) is 34.9 Å². The third-order valence-corrected chi connectivity index (χ3v) is 4.00. The first-order valence-corrected chi connectivity index (χ1v) is 7.32. The summed E-state index contributed by atoms with van der Waals surface area (Å²) in [4.78, 5) is 20.9. The summed E-state index contributed by atoms with van der Waals surface area (Å²) in [6.07, 6.45) is 0. The van der Waals surface area contributed by atoms with Gasteiger partial charge >= 0.3 is 0 Å². The summed E-state index contributed by atoms with van der Waals surface area (Å²) in [5, 5.41) is 3.84. The predicted octanol–water partition coefficient (Wildman–Crippen LogP) is 1.72. The summed E-state index contributed by atoms with van der Waals surface area (Å²) in [6, 6.07) is 1.79. The molecule has 1 aliphatic heterocycles.